The molecule has 1 aromatic carbocycles. The van der Waals surface area contributed by atoms with Crippen molar-refractivity contribution in [3.05, 3.63) is 23.8 Å². The molecule has 0 aromatic heterocycles. The molecule has 4 rings (SSSR count). The predicted molar refractivity (Wildman–Crippen MR) is 95.4 cm³/mol. The second kappa shape index (κ2) is 6.75. The maximum absolute atomic E-state index is 13.0. The molecule has 1 saturated heterocycles. The summed E-state index contributed by atoms with van der Waals surface area (Å²) in [6, 6.07) is 4.73. The van der Waals surface area contributed by atoms with E-state index in [-0.39, 0.29) is 18.5 Å². The van der Waals surface area contributed by atoms with E-state index in [4.69, 9.17) is 9.47 Å². The minimum absolute atomic E-state index is 0.141. The zero-order valence-corrected chi connectivity index (χ0v) is 15.2. The lowest BCUT2D eigenvalue weighted by Gasteiger charge is -2.25. The van der Waals surface area contributed by atoms with Gasteiger partial charge >= 0.3 is 6.03 Å². The lowest BCUT2D eigenvalue weighted by Crippen LogP contribution is -2.45. The number of carbonyl (C=O) groups excluding carboxylic acids is 3. The molecule has 4 amide bonds. The quantitative estimate of drug-likeness (QED) is 0.775. The van der Waals surface area contributed by atoms with Crippen LogP contribution in [0.3, 0.4) is 0 Å². The molecule has 8 nitrogen and oxygen atoms in total. The molecule has 2 heterocycles. The maximum atomic E-state index is 13.0. The van der Waals surface area contributed by atoms with E-state index in [0.717, 1.165) is 30.6 Å². The minimum Gasteiger partial charge on any atom is -0.486 e. The van der Waals surface area contributed by atoms with E-state index in [1.165, 1.54) is 0 Å². The molecule has 0 spiro atoms. The van der Waals surface area contributed by atoms with Crippen molar-refractivity contribution in [2.45, 2.75) is 44.2 Å². The van der Waals surface area contributed by atoms with Gasteiger partial charge in [-0.2, -0.15) is 0 Å². The molecule has 144 valence electrons. The molecule has 1 unspecified atom stereocenters. The molecular formula is C19H23N3O5. The smallest absolute Gasteiger partial charge is 0.325 e. The summed E-state index contributed by atoms with van der Waals surface area (Å²) in [7, 11) is 0. The zero-order valence-electron chi connectivity index (χ0n) is 15.2. The Morgan fingerprint density at radius 1 is 1.22 bits per heavy atom. The van der Waals surface area contributed by atoms with E-state index < -0.39 is 17.5 Å². The van der Waals surface area contributed by atoms with Gasteiger partial charge in [0.25, 0.3) is 5.91 Å². The summed E-state index contributed by atoms with van der Waals surface area (Å²) in [6.07, 6.45) is 4.08. The number of ether oxygens (including phenoxy) is 2. The van der Waals surface area contributed by atoms with Crippen molar-refractivity contribution in [1.82, 2.24) is 15.5 Å². The number of benzene rings is 1. The molecule has 1 aliphatic carbocycles. The summed E-state index contributed by atoms with van der Waals surface area (Å²) in [5.74, 6) is 0.389. The first-order valence-electron chi connectivity index (χ1n) is 9.31. The fourth-order valence-corrected chi connectivity index (χ4v) is 3.88. The summed E-state index contributed by atoms with van der Waals surface area (Å²) in [5.41, 5.74) is -0.663. The Bertz CT molecular complexity index is 790. The van der Waals surface area contributed by atoms with Crippen molar-refractivity contribution >= 4 is 17.8 Å². The van der Waals surface area contributed by atoms with Gasteiger partial charge in [0.15, 0.2) is 11.5 Å². The molecule has 2 fully saturated rings. The van der Waals surface area contributed by atoms with Gasteiger partial charge in [0.05, 0.1) is 0 Å². The molecule has 1 atom stereocenters. The molecule has 2 aliphatic heterocycles. The van der Waals surface area contributed by atoms with Gasteiger partial charge in [-0.1, -0.05) is 18.9 Å². The zero-order chi connectivity index (χ0) is 19.0. The molecule has 27 heavy (non-hydrogen) atoms. The maximum Gasteiger partial charge on any atom is 0.325 e. The highest BCUT2D eigenvalue weighted by Crippen LogP contribution is 2.36. The van der Waals surface area contributed by atoms with Crippen molar-refractivity contribution in [2.24, 2.45) is 0 Å². The van der Waals surface area contributed by atoms with Gasteiger partial charge in [-0.25, -0.2) is 4.79 Å². The number of urea groups is 1. The van der Waals surface area contributed by atoms with E-state index in [2.05, 4.69) is 10.6 Å². The predicted octanol–water partition coefficient (Wildman–Crippen LogP) is 1.28. The minimum atomic E-state index is -1.25. The highest BCUT2D eigenvalue weighted by molar-refractivity contribution is 6.09. The number of rotatable bonds is 4. The Hall–Kier alpha value is -2.77. The average molecular weight is 373 g/mol. The van der Waals surface area contributed by atoms with Gasteiger partial charge in [0.2, 0.25) is 5.91 Å². The number of hydrogen-bond donors (Lipinski definition) is 2. The van der Waals surface area contributed by atoms with Crippen LogP contribution in [-0.4, -0.2) is 48.5 Å². The summed E-state index contributed by atoms with van der Waals surface area (Å²) in [5, 5.41) is 5.62. The van der Waals surface area contributed by atoms with Crippen LogP contribution in [0.4, 0.5) is 4.79 Å². The summed E-state index contributed by atoms with van der Waals surface area (Å²) >= 11 is 0. The highest BCUT2D eigenvalue weighted by atomic mass is 16.6. The van der Waals surface area contributed by atoms with E-state index in [1.807, 2.05) is 0 Å². The second-order valence-electron chi connectivity index (χ2n) is 7.35. The SMILES string of the molecule is CC1(c2ccc3c(c2)OCCO3)NC(=O)N(CC(=O)NC2CCCC2)C1=O. The number of nitrogens with zero attached hydrogens (tertiary/aromatic N) is 1. The van der Waals surface area contributed by atoms with Crippen LogP contribution in [0.25, 0.3) is 0 Å². The van der Waals surface area contributed by atoms with Gasteiger partial charge in [0, 0.05) is 6.04 Å². The van der Waals surface area contributed by atoms with Crippen molar-refractivity contribution < 1.29 is 23.9 Å². The number of imide groups is 1. The number of hydrogen-bond acceptors (Lipinski definition) is 5. The van der Waals surface area contributed by atoms with Crippen LogP contribution in [0.5, 0.6) is 11.5 Å². The van der Waals surface area contributed by atoms with E-state index in [0.29, 0.717) is 30.3 Å². The monoisotopic (exact) mass is 373 g/mol. The molecule has 1 saturated carbocycles. The Morgan fingerprint density at radius 3 is 2.67 bits per heavy atom. The van der Waals surface area contributed by atoms with Gasteiger partial charge in [-0.05, 0) is 37.5 Å². The fourth-order valence-electron chi connectivity index (χ4n) is 3.88. The third kappa shape index (κ3) is 3.20. The van der Waals surface area contributed by atoms with Crippen molar-refractivity contribution in [3.63, 3.8) is 0 Å². The molecule has 0 radical (unpaired) electrons. The molecule has 8 heteroatoms. The second-order valence-corrected chi connectivity index (χ2v) is 7.35. The normalized spacial score (nSPS) is 24.9. The number of amides is 4. The molecular weight excluding hydrogens is 350 g/mol. The molecule has 3 aliphatic rings. The number of nitrogens with one attached hydrogen (secondary N) is 2. The van der Waals surface area contributed by atoms with Crippen molar-refractivity contribution in [1.29, 1.82) is 0 Å². The van der Waals surface area contributed by atoms with Gasteiger partial charge in [-0.3, -0.25) is 14.5 Å². The Balaban J connectivity index is 1.50. The highest BCUT2D eigenvalue weighted by Gasteiger charge is 2.49. The van der Waals surface area contributed by atoms with E-state index in [1.54, 1.807) is 25.1 Å². The number of carbonyl (C=O) groups is 3. The summed E-state index contributed by atoms with van der Waals surface area (Å²) in [6.45, 7) is 2.26. The summed E-state index contributed by atoms with van der Waals surface area (Å²) in [4.78, 5) is 38.6. The van der Waals surface area contributed by atoms with Gasteiger partial charge < -0.3 is 20.1 Å². The standard InChI is InChI=1S/C19H23N3O5/c1-19(12-6-7-14-15(10-12)27-9-8-26-14)17(24)22(18(25)21-19)11-16(23)20-13-4-2-3-5-13/h6-7,10,13H,2-5,8-9,11H2,1H3,(H,20,23)(H,21,25). The van der Waals surface area contributed by atoms with Crippen molar-refractivity contribution in [3.8, 4) is 11.5 Å². The molecule has 0 bridgehead atoms. The van der Waals surface area contributed by atoms with Gasteiger partial charge in [-0.15, -0.1) is 0 Å². The lowest BCUT2D eigenvalue weighted by molar-refractivity contribution is -0.135. The Morgan fingerprint density at radius 2 is 1.93 bits per heavy atom. The van der Waals surface area contributed by atoms with E-state index >= 15 is 0 Å². The first kappa shape index (κ1) is 17.6. The average Bonchev–Trinajstić information content (AvgIpc) is 3.24. The van der Waals surface area contributed by atoms with Gasteiger partial charge in [0.1, 0.15) is 25.3 Å². The topological polar surface area (TPSA) is 97.0 Å². The molecule has 1 aromatic rings. The molecule has 2 N–H and O–H groups in total. The first-order valence-corrected chi connectivity index (χ1v) is 9.31. The van der Waals surface area contributed by atoms with E-state index in [9.17, 15) is 14.4 Å². The van der Waals surface area contributed by atoms with Crippen LogP contribution in [-0.2, 0) is 15.1 Å². The lowest BCUT2D eigenvalue weighted by atomic mass is 9.91. The fraction of sp³-hybridized carbons (Fsp3) is 0.526. The largest absolute Gasteiger partial charge is 0.486 e. The van der Waals surface area contributed by atoms with Crippen LogP contribution in [0.2, 0.25) is 0 Å². The van der Waals surface area contributed by atoms with Crippen molar-refractivity contribution in [2.75, 3.05) is 19.8 Å². The van der Waals surface area contributed by atoms with Crippen LogP contribution in [0.15, 0.2) is 18.2 Å². The van der Waals surface area contributed by atoms with Crippen LogP contribution in [0.1, 0.15) is 38.2 Å². The Labute approximate surface area is 157 Å². The first-order chi connectivity index (χ1) is 13.0. The van der Waals surface area contributed by atoms with Crippen LogP contribution < -0.4 is 20.1 Å². The van der Waals surface area contributed by atoms with Crippen LogP contribution in [0, 0.1) is 0 Å². The number of fused-ring (bicyclic) bond motifs is 1. The third-order valence-corrected chi connectivity index (χ3v) is 5.42. The third-order valence-electron chi connectivity index (χ3n) is 5.42. The summed E-state index contributed by atoms with van der Waals surface area (Å²) < 4.78 is 11.1. The van der Waals surface area contributed by atoms with Crippen LogP contribution >= 0.6 is 0 Å². The Kier molecular flexibility index (Phi) is 4.41.